The number of nitrogens with one attached hydrogen (secondary N) is 2. The Morgan fingerprint density at radius 1 is 1.15 bits per heavy atom. The summed E-state index contributed by atoms with van der Waals surface area (Å²) in [4.78, 5) is 24.1. The van der Waals surface area contributed by atoms with Gasteiger partial charge in [-0.25, -0.2) is 0 Å². The van der Waals surface area contributed by atoms with Crippen molar-refractivity contribution in [2.24, 2.45) is 0 Å². The van der Waals surface area contributed by atoms with Crippen molar-refractivity contribution < 1.29 is 14.3 Å². The number of hydrogen-bond donors (Lipinski definition) is 2. The molecule has 6 heteroatoms. The van der Waals surface area contributed by atoms with Crippen LogP contribution in [-0.4, -0.2) is 18.8 Å². The van der Waals surface area contributed by atoms with Crippen LogP contribution in [0, 0.1) is 0 Å². The monoisotopic (exact) mass is 370 g/mol. The van der Waals surface area contributed by atoms with Gasteiger partial charge in [-0.3, -0.25) is 9.59 Å². The van der Waals surface area contributed by atoms with Gasteiger partial charge < -0.3 is 15.4 Å². The summed E-state index contributed by atoms with van der Waals surface area (Å²) in [6.07, 6.45) is 1.20. The molecule has 1 amide bonds. The second-order valence-electron chi connectivity index (χ2n) is 6.03. The van der Waals surface area contributed by atoms with E-state index in [4.69, 9.17) is 16.3 Å². The van der Waals surface area contributed by atoms with Gasteiger partial charge in [0.25, 0.3) is 5.91 Å². The average molecular weight is 371 g/mol. The standard InChI is InChI=1S/C20H19ClN2O3/c1-12-17(8-9-19(12)24)23-18-7-6-13(10-16(18)21)20(25)22-14-4-3-5-15(11-14)26-2/h3-7,10-11,23H,8-9H2,1-2H3,(H,22,25). The number of hydrogen-bond acceptors (Lipinski definition) is 4. The van der Waals surface area contributed by atoms with E-state index in [1.54, 1.807) is 49.6 Å². The number of allylic oxidation sites excluding steroid dienone is 2. The van der Waals surface area contributed by atoms with Crippen LogP contribution in [0.1, 0.15) is 30.1 Å². The average Bonchev–Trinajstić information content (AvgIpc) is 2.95. The molecule has 134 valence electrons. The Morgan fingerprint density at radius 2 is 1.96 bits per heavy atom. The predicted octanol–water partition coefficient (Wildman–Crippen LogP) is 4.65. The molecule has 5 nitrogen and oxygen atoms in total. The molecule has 0 saturated heterocycles. The van der Waals surface area contributed by atoms with Crippen molar-refractivity contribution in [2.75, 3.05) is 17.7 Å². The molecule has 0 bridgehead atoms. The molecule has 0 atom stereocenters. The van der Waals surface area contributed by atoms with E-state index in [2.05, 4.69) is 10.6 Å². The molecular formula is C20H19ClN2O3. The first-order valence-electron chi connectivity index (χ1n) is 8.23. The Hall–Kier alpha value is -2.79. The Bertz CT molecular complexity index is 906. The summed E-state index contributed by atoms with van der Waals surface area (Å²) in [6, 6.07) is 12.2. The van der Waals surface area contributed by atoms with Crippen molar-refractivity contribution in [2.45, 2.75) is 19.8 Å². The van der Waals surface area contributed by atoms with E-state index in [-0.39, 0.29) is 11.7 Å². The molecule has 2 aromatic rings. The van der Waals surface area contributed by atoms with Crippen LogP contribution in [-0.2, 0) is 4.79 Å². The lowest BCUT2D eigenvalue weighted by atomic mass is 10.1. The molecule has 2 aromatic carbocycles. The number of carbonyl (C=O) groups excluding carboxylic acids is 2. The van der Waals surface area contributed by atoms with Crippen LogP contribution in [0.25, 0.3) is 0 Å². The van der Waals surface area contributed by atoms with Gasteiger partial charge in [-0.15, -0.1) is 0 Å². The first-order chi connectivity index (χ1) is 12.5. The minimum atomic E-state index is -0.266. The van der Waals surface area contributed by atoms with Crippen molar-refractivity contribution in [1.29, 1.82) is 0 Å². The van der Waals surface area contributed by atoms with Crippen molar-refractivity contribution >= 4 is 34.7 Å². The second kappa shape index (κ2) is 7.62. The van der Waals surface area contributed by atoms with Gasteiger partial charge in [0.2, 0.25) is 0 Å². The molecule has 0 aliphatic heterocycles. The number of benzene rings is 2. The Labute approximate surface area is 157 Å². The maximum atomic E-state index is 12.4. The summed E-state index contributed by atoms with van der Waals surface area (Å²) < 4.78 is 5.15. The molecule has 0 saturated carbocycles. The lowest BCUT2D eigenvalue weighted by Crippen LogP contribution is -2.12. The third-order valence-corrected chi connectivity index (χ3v) is 4.63. The van der Waals surface area contributed by atoms with E-state index in [1.807, 2.05) is 6.92 Å². The number of methoxy groups -OCH3 is 1. The minimum Gasteiger partial charge on any atom is -0.497 e. The highest BCUT2D eigenvalue weighted by Gasteiger charge is 2.20. The molecule has 26 heavy (non-hydrogen) atoms. The molecule has 0 heterocycles. The van der Waals surface area contributed by atoms with E-state index in [9.17, 15) is 9.59 Å². The van der Waals surface area contributed by atoms with Crippen LogP contribution in [0.2, 0.25) is 5.02 Å². The smallest absolute Gasteiger partial charge is 0.255 e. The van der Waals surface area contributed by atoms with Crippen LogP contribution in [0.15, 0.2) is 53.7 Å². The minimum absolute atomic E-state index is 0.151. The van der Waals surface area contributed by atoms with Crippen LogP contribution >= 0.6 is 11.6 Å². The normalized spacial score (nSPS) is 13.7. The summed E-state index contributed by atoms with van der Waals surface area (Å²) in [5.74, 6) is 0.547. The number of halogens is 1. The molecule has 0 radical (unpaired) electrons. The number of anilines is 2. The molecule has 2 N–H and O–H groups in total. The summed E-state index contributed by atoms with van der Waals surface area (Å²) in [7, 11) is 1.57. The number of ketones is 1. The fourth-order valence-electron chi connectivity index (χ4n) is 2.76. The molecule has 0 unspecified atom stereocenters. The zero-order valence-electron chi connectivity index (χ0n) is 14.6. The van der Waals surface area contributed by atoms with Crippen molar-refractivity contribution in [3.05, 3.63) is 64.3 Å². The molecular weight excluding hydrogens is 352 g/mol. The summed E-state index contributed by atoms with van der Waals surface area (Å²) in [5, 5.41) is 6.43. The fraction of sp³-hybridized carbons (Fsp3) is 0.200. The van der Waals surface area contributed by atoms with Gasteiger partial charge in [-0.1, -0.05) is 17.7 Å². The quantitative estimate of drug-likeness (QED) is 0.803. The van der Waals surface area contributed by atoms with Gasteiger partial charge in [0.15, 0.2) is 5.78 Å². The van der Waals surface area contributed by atoms with Gasteiger partial charge in [0.05, 0.1) is 17.8 Å². The molecule has 0 spiro atoms. The SMILES string of the molecule is COc1cccc(NC(=O)c2ccc(NC3=C(C)C(=O)CC3)c(Cl)c2)c1. The van der Waals surface area contributed by atoms with Crippen LogP contribution in [0.3, 0.4) is 0 Å². The predicted molar refractivity (Wildman–Crippen MR) is 103 cm³/mol. The van der Waals surface area contributed by atoms with Crippen molar-refractivity contribution in [1.82, 2.24) is 0 Å². The Balaban J connectivity index is 1.74. The van der Waals surface area contributed by atoms with Crippen molar-refractivity contribution in [3.63, 3.8) is 0 Å². The Morgan fingerprint density at radius 3 is 2.62 bits per heavy atom. The second-order valence-corrected chi connectivity index (χ2v) is 6.44. The molecule has 1 aliphatic carbocycles. The van der Waals surface area contributed by atoms with E-state index < -0.39 is 0 Å². The van der Waals surface area contributed by atoms with Crippen LogP contribution in [0.4, 0.5) is 11.4 Å². The third-order valence-electron chi connectivity index (χ3n) is 4.32. The van der Waals surface area contributed by atoms with E-state index in [0.29, 0.717) is 40.6 Å². The lowest BCUT2D eigenvalue weighted by molar-refractivity contribution is -0.114. The number of Topliss-reactive ketones (excluding diaryl/α,β-unsaturated/α-hetero) is 1. The zero-order chi connectivity index (χ0) is 18.7. The highest BCUT2D eigenvalue weighted by Crippen LogP contribution is 2.29. The highest BCUT2D eigenvalue weighted by atomic mass is 35.5. The number of carbonyl (C=O) groups is 2. The molecule has 0 aromatic heterocycles. The zero-order valence-corrected chi connectivity index (χ0v) is 15.3. The van der Waals surface area contributed by atoms with Gasteiger partial charge in [0.1, 0.15) is 5.75 Å². The van der Waals surface area contributed by atoms with Crippen LogP contribution < -0.4 is 15.4 Å². The number of ether oxygens (including phenoxy) is 1. The van der Waals surface area contributed by atoms with Crippen molar-refractivity contribution in [3.8, 4) is 5.75 Å². The summed E-state index contributed by atoms with van der Waals surface area (Å²) in [5.41, 5.74) is 3.37. The van der Waals surface area contributed by atoms with E-state index in [0.717, 1.165) is 11.3 Å². The molecule has 3 rings (SSSR count). The van der Waals surface area contributed by atoms with E-state index >= 15 is 0 Å². The largest absolute Gasteiger partial charge is 0.497 e. The number of amides is 1. The maximum absolute atomic E-state index is 12.4. The topological polar surface area (TPSA) is 67.4 Å². The third kappa shape index (κ3) is 3.89. The molecule has 1 aliphatic rings. The van der Waals surface area contributed by atoms with Gasteiger partial charge in [0, 0.05) is 35.0 Å². The Kier molecular flexibility index (Phi) is 5.28. The van der Waals surface area contributed by atoms with Crippen LogP contribution in [0.5, 0.6) is 5.75 Å². The summed E-state index contributed by atoms with van der Waals surface area (Å²) in [6.45, 7) is 1.81. The van der Waals surface area contributed by atoms with Gasteiger partial charge in [-0.2, -0.15) is 0 Å². The maximum Gasteiger partial charge on any atom is 0.255 e. The fourth-order valence-corrected chi connectivity index (χ4v) is 2.99. The molecule has 0 fully saturated rings. The lowest BCUT2D eigenvalue weighted by Gasteiger charge is -2.12. The summed E-state index contributed by atoms with van der Waals surface area (Å²) >= 11 is 6.32. The first kappa shape index (κ1) is 18.0. The van der Waals surface area contributed by atoms with Gasteiger partial charge in [-0.05, 0) is 43.7 Å². The highest BCUT2D eigenvalue weighted by molar-refractivity contribution is 6.33. The number of rotatable bonds is 5. The van der Waals surface area contributed by atoms with E-state index in [1.165, 1.54) is 0 Å². The first-order valence-corrected chi connectivity index (χ1v) is 8.60. The van der Waals surface area contributed by atoms with Gasteiger partial charge >= 0.3 is 0 Å².